The van der Waals surface area contributed by atoms with E-state index >= 15 is 0 Å². The highest BCUT2D eigenvalue weighted by atomic mass is 16.1. The highest BCUT2D eigenvalue weighted by molar-refractivity contribution is 5.99. The van der Waals surface area contributed by atoms with Crippen molar-refractivity contribution in [3.63, 3.8) is 0 Å². The Morgan fingerprint density at radius 3 is 2.50 bits per heavy atom. The maximum absolute atomic E-state index is 13.0. The van der Waals surface area contributed by atoms with Gasteiger partial charge in [0.1, 0.15) is 11.5 Å². The maximum atomic E-state index is 13.0. The molecule has 0 aliphatic heterocycles. The minimum Gasteiger partial charge on any atom is -0.352 e. The Morgan fingerprint density at radius 2 is 1.80 bits per heavy atom. The standard InChI is InChI=1S/C24H25N5O/c1-18-9-11-21(12-10-18)29-17-22(23(27-29)20-7-4-3-5-8-20)24(30)26-13-6-15-28-16-14-25-19(28)2/h3-5,7-12,14,16-17H,6,13,15H2,1-2H3,(H,26,30). The van der Waals surface area contributed by atoms with Crippen LogP contribution in [0.2, 0.25) is 0 Å². The van der Waals surface area contributed by atoms with Gasteiger partial charge in [-0.05, 0) is 32.4 Å². The van der Waals surface area contributed by atoms with Crippen molar-refractivity contribution < 1.29 is 4.79 Å². The molecule has 0 spiro atoms. The predicted molar refractivity (Wildman–Crippen MR) is 118 cm³/mol. The van der Waals surface area contributed by atoms with Crippen LogP contribution in [0, 0.1) is 13.8 Å². The smallest absolute Gasteiger partial charge is 0.255 e. The van der Waals surface area contributed by atoms with Crippen LogP contribution in [0.3, 0.4) is 0 Å². The van der Waals surface area contributed by atoms with Crippen LogP contribution in [-0.2, 0) is 6.54 Å². The van der Waals surface area contributed by atoms with E-state index in [-0.39, 0.29) is 5.91 Å². The zero-order chi connectivity index (χ0) is 20.9. The predicted octanol–water partition coefficient (Wildman–Crippen LogP) is 4.17. The molecule has 0 aliphatic rings. The van der Waals surface area contributed by atoms with Crippen molar-refractivity contribution in [1.29, 1.82) is 0 Å². The van der Waals surface area contributed by atoms with Crippen LogP contribution in [0.4, 0.5) is 0 Å². The molecule has 4 aromatic rings. The van der Waals surface area contributed by atoms with Crippen molar-refractivity contribution in [1.82, 2.24) is 24.6 Å². The monoisotopic (exact) mass is 399 g/mol. The largest absolute Gasteiger partial charge is 0.352 e. The SMILES string of the molecule is Cc1ccc(-n2cc(C(=O)NCCCn3ccnc3C)c(-c3ccccc3)n2)cc1. The number of aryl methyl sites for hydroxylation is 3. The van der Waals surface area contributed by atoms with Crippen molar-refractivity contribution >= 4 is 5.91 Å². The second kappa shape index (κ2) is 8.78. The summed E-state index contributed by atoms with van der Waals surface area (Å²) in [5.74, 6) is 0.863. The summed E-state index contributed by atoms with van der Waals surface area (Å²) in [6.45, 7) is 5.43. The molecule has 0 radical (unpaired) electrons. The fourth-order valence-electron chi connectivity index (χ4n) is 3.37. The van der Waals surface area contributed by atoms with Gasteiger partial charge in [0.25, 0.3) is 5.91 Å². The molecule has 1 amide bonds. The summed E-state index contributed by atoms with van der Waals surface area (Å²) in [6.07, 6.45) is 6.38. The van der Waals surface area contributed by atoms with Crippen LogP contribution in [-0.4, -0.2) is 31.8 Å². The first-order chi connectivity index (χ1) is 14.6. The molecule has 4 rings (SSSR count). The number of rotatable bonds is 7. The second-order valence-corrected chi connectivity index (χ2v) is 7.31. The van der Waals surface area contributed by atoms with Gasteiger partial charge in [0.2, 0.25) is 0 Å². The van der Waals surface area contributed by atoms with Crippen LogP contribution in [0.5, 0.6) is 0 Å². The molecule has 0 saturated carbocycles. The zero-order valence-corrected chi connectivity index (χ0v) is 17.2. The minimum atomic E-state index is -0.116. The lowest BCUT2D eigenvalue weighted by molar-refractivity contribution is 0.0953. The molecule has 0 fully saturated rings. The summed E-state index contributed by atoms with van der Waals surface area (Å²) in [7, 11) is 0. The molecule has 1 N–H and O–H groups in total. The number of nitrogens with one attached hydrogen (secondary N) is 1. The van der Waals surface area contributed by atoms with E-state index in [0.717, 1.165) is 30.0 Å². The summed E-state index contributed by atoms with van der Waals surface area (Å²) >= 11 is 0. The molecule has 0 bridgehead atoms. The molecule has 2 aromatic carbocycles. The van der Waals surface area contributed by atoms with E-state index in [9.17, 15) is 4.79 Å². The van der Waals surface area contributed by atoms with Gasteiger partial charge in [-0.25, -0.2) is 9.67 Å². The van der Waals surface area contributed by atoms with E-state index in [2.05, 4.69) is 14.9 Å². The van der Waals surface area contributed by atoms with Crippen LogP contribution < -0.4 is 5.32 Å². The van der Waals surface area contributed by atoms with Crippen molar-refractivity contribution in [2.24, 2.45) is 0 Å². The quantitative estimate of drug-likeness (QED) is 0.474. The number of nitrogens with zero attached hydrogens (tertiary/aromatic N) is 4. The van der Waals surface area contributed by atoms with Gasteiger partial charge in [-0.2, -0.15) is 5.10 Å². The van der Waals surface area contributed by atoms with Crippen molar-refractivity contribution in [2.45, 2.75) is 26.8 Å². The van der Waals surface area contributed by atoms with Gasteiger partial charge in [0, 0.05) is 37.2 Å². The van der Waals surface area contributed by atoms with Gasteiger partial charge in [-0.3, -0.25) is 4.79 Å². The van der Waals surface area contributed by atoms with Crippen LogP contribution in [0.25, 0.3) is 16.9 Å². The number of carbonyl (C=O) groups excluding carboxylic acids is 1. The Bertz CT molecular complexity index is 1130. The Balaban J connectivity index is 1.53. The van der Waals surface area contributed by atoms with E-state index < -0.39 is 0 Å². The van der Waals surface area contributed by atoms with Crippen molar-refractivity contribution in [2.75, 3.05) is 6.54 Å². The molecule has 0 unspecified atom stereocenters. The lowest BCUT2D eigenvalue weighted by atomic mass is 10.1. The van der Waals surface area contributed by atoms with E-state index in [4.69, 9.17) is 5.10 Å². The van der Waals surface area contributed by atoms with Gasteiger partial charge in [0.05, 0.1) is 11.3 Å². The molecule has 6 heteroatoms. The summed E-state index contributed by atoms with van der Waals surface area (Å²) in [5, 5.41) is 7.76. The number of amides is 1. The molecule has 0 aliphatic carbocycles. The Morgan fingerprint density at radius 1 is 1.03 bits per heavy atom. The summed E-state index contributed by atoms with van der Waals surface area (Å²) in [6, 6.07) is 17.9. The average molecular weight is 399 g/mol. The molecule has 0 atom stereocenters. The summed E-state index contributed by atoms with van der Waals surface area (Å²) in [4.78, 5) is 17.2. The number of aromatic nitrogens is 4. The number of benzene rings is 2. The fraction of sp³-hybridized carbons (Fsp3) is 0.208. The van der Waals surface area contributed by atoms with Crippen molar-refractivity contribution in [3.05, 3.63) is 90.1 Å². The molecule has 0 saturated heterocycles. The fourth-order valence-corrected chi connectivity index (χ4v) is 3.37. The zero-order valence-electron chi connectivity index (χ0n) is 17.2. The number of imidazole rings is 1. The number of hydrogen-bond acceptors (Lipinski definition) is 3. The topological polar surface area (TPSA) is 64.7 Å². The third kappa shape index (κ3) is 4.33. The maximum Gasteiger partial charge on any atom is 0.255 e. The van der Waals surface area contributed by atoms with E-state index in [0.29, 0.717) is 17.8 Å². The second-order valence-electron chi connectivity index (χ2n) is 7.31. The normalized spacial score (nSPS) is 10.9. The lowest BCUT2D eigenvalue weighted by Gasteiger charge is -2.07. The van der Waals surface area contributed by atoms with E-state index in [1.807, 2.05) is 80.8 Å². The van der Waals surface area contributed by atoms with Gasteiger partial charge < -0.3 is 9.88 Å². The van der Waals surface area contributed by atoms with Crippen molar-refractivity contribution in [3.8, 4) is 16.9 Å². The van der Waals surface area contributed by atoms with Gasteiger partial charge in [-0.1, -0.05) is 48.0 Å². The lowest BCUT2D eigenvalue weighted by Crippen LogP contribution is -2.25. The highest BCUT2D eigenvalue weighted by Crippen LogP contribution is 2.23. The first-order valence-corrected chi connectivity index (χ1v) is 10.1. The third-order valence-corrected chi connectivity index (χ3v) is 5.09. The Labute approximate surface area is 176 Å². The number of hydrogen-bond donors (Lipinski definition) is 1. The molecular weight excluding hydrogens is 374 g/mol. The molecule has 152 valence electrons. The Kier molecular flexibility index (Phi) is 5.75. The molecule has 2 heterocycles. The van der Waals surface area contributed by atoms with Crippen LogP contribution in [0.15, 0.2) is 73.2 Å². The summed E-state index contributed by atoms with van der Waals surface area (Å²) in [5.41, 5.74) is 4.27. The number of carbonyl (C=O) groups is 1. The first-order valence-electron chi connectivity index (χ1n) is 10.1. The van der Waals surface area contributed by atoms with E-state index in [1.54, 1.807) is 10.9 Å². The minimum absolute atomic E-state index is 0.116. The van der Waals surface area contributed by atoms with Gasteiger partial charge >= 0.3 is 0 Å². The first kappa shape index (κ1) is 19.6. The average Bonchev–Trinajstić information content (AvgIpc) is 3.39. The Hall–Kier alpha value is -3.67. The molecular formula is C24H25N5O. The van der Waals surface area contributed by atoms with Crippen LogP contribution >= 0.6 is 0 Å². The highest BCUT2D eigenvalue weighted by Gasteiger charge is 2.18. The van der Waals surface area contributed by atoms with E-state index in [1.165, 1.54) is 5.56 Å². The molecule has 6 nitrogen and oxygen atoms in total. The van der Waals surface area contributed by atoms with Gasteiger partial charge in [-0.15, -0.1) is 0 Å². The molecule has 2 aromatic heterocycles. The van der Waals surface area contributed by atoms with Crippen LogP contribution in [0.1, 0.15) is 28.2 Å². The summed E-state index contributed by atoms with van der Waals surface area (Å²) < 4.78 is 3.85. The van der Waals surface area contributed by atoms with Gasteiger partial charge in [0.15, 0.2) is 0 Å². The third-order valence-electron chi connectivity index (χ3n) is 5.09. The molecule has 30 heavy (non-hydrogen) atoms.